The topological polar surface area (TPSA) is 77.5 Å². The number of carbonyl (C=O) groups is 2. The lowest BCUT2D eigenvalue weighted by atomic mass is 9.93. The maximum atomic E-state index is 12.6. The van der Waals surface area contributed by atoms with Crippen molar-refractivity contribution in [2.45, 2.75) is 12.5 Å². The molecule has 2 aromatic carbocycles. The van der Waals surface area contributed by atoms with E-state index in [-0.39, 0.29) is 18.0 Å². The number of cyclic esters (lactones) is 1. The maximum Gasteiger partial charge on any atom is 0.339 e. The summed E-state index contributed by atoms with van der Waals surface area (Å²) < 4.78 is 10.6. The molecule has 1 aliphatic rings. The van der Waals surface area contributed by atoms with Crippen LogP contribution in [0.3, 0.4) is 0 Å². The van der Waals surface area contributed by atoms with Gasteiger partial charge in [-0.25, -0.2) is 9.78 Å². The molecular formula is C22H18N2O4. The standard InChI is InChI=1S/C22H18N2O4/c1-27-20-10-8-17(13-23-20)24-21(25)15-7-9-18-16(11-15)12-19(28-22(18)26)14-5-3-2-4-6-14/h2-11,13,19H,12H2,1H3,(H,24,25)/t19-/m0/s1. The molecule has 1 amide bonds. The van der Waals surface area contributed by atoms with Crippen LogP contribution in [0, 0.1) is 0 Å². The lowest BCUT2D eigenvalue weighted by Crippen LogP contribution is -2.23. The molecule has 0 saturated heterocycles. The Morgan fingerprint density at radius 1 is 1.14 bits per heavy atom. The normalized spacial score (nSPS) is 15.3. The summed E-state index contributed by atoms with van der Waals surface area (Å²) in [6.45, 7) is 0. The zero-order valence-electron chi connectivity index (χ0n) is 15.2. The number of amides is 1. The highest BCUT2D eigenvalue weighted by Gasteiger charge is 2.28. The second kappa shape index (κ2) is 7.52. The molecule has 0 saturated carbocycles. The van der Waals surface area contributed by atoms with Crippen molar-refractivity contribution in [3.05, 3.63) is 89.1 Å². The van der Waals surface area contributed by atoms with Crippen molar-refractivity contribution in [2.24, 2.45) is 0 Å². The number of pyridine rings is 1. The largest absolute Gasteiger partial charge is 0.481 e. The first-order chi connectivity index (χ1) is 13.6. The number of hydrogen-bond donors (Lipinski definition) is 1. The smallest absolute Gasteiger partial charge is 0.339 e. The van der Waals surface area contributed by atoms with Crippen LogP contribution in [0.2, 0.25) is 0 Å². The molecule has 0 radical (unpaired) electrons. The van der Waals surface area contributed by atoms with E-state index in [1.54, 1.807) is 30.3 Å². The number of hydrogen-bond acceptors (Lipinski definition) is 5. The highest BCUT2D eigenvalue weighted by Crippen LogP contribution is 2.31. The summed E-state index contributed by atoms with van der Waals surface area (Å²) in [5.41, 5.74) is 3.25. The molecule has 1 N–H and O–H groups in total. The predicted molar refractivity (Wildman–Crippen MR) is 103 cm³/mol. The van der Waals surface area contributed by atoms with Crippen LogP contribution in [0.1, 0.15) is 37.9 Å². The van der Waals surface area contributed by atoms with E-state index < -0.39 is 0 Å². The van der Waals surface area contributed by atoms with Gasteiger partial charge in [0.15, 0.2) is 0 Å². The summed E-state index contributed by atoms with van der Waals surface area (Å²) in [5, 5.41) is 2.80. The van der Waals surface area contributed by atoms with E-state index in [2.05, 4.69) is 10.3 Å². The molecule has 0 spiro atoms. The summed E-state index contributed by atoms with van der Waals surface area (Å²) in [6.07, 6.45) is 1.69. The Balaban J connectivity index is 1.55. The van der Waals surface area contributed by atoms with E-state index in [0.717, 1.165) is 11.1 Å². The van der Waals surface area contributed by atoms with Crippen LogP contribution in [0.15, 0.2) is 66.9 Å². The zero-order chi connectivity index (χ0) is 19.5. The minimum absolute atomic E-state index is 0.273. The molecule has 0 aliphatic carbocycles. The molecule has 0 bridgehead atoms. The van der Waals surface area contributed by atoms with E-state index in [0.29, 0.717) is 29.1 Å². The van der Waals surface area contributed by atoms with Crippen molar-refractivity contribution < 1.29 is 19.1 Å². The van der Waals surface area contributed by atoms with Gasteiger partial charge in [0.25, 0.3) is 5.91 Å². The number of methoxy groups -OCH3 is 1. The fourth-order valence-corrected chi connectivity index (χ4v) is 3.17. The predicted octanol–water partition coefficient (Wildman–Crippen LogP) is 3.80. The van der Waals surface area contributed by atoms with Gasteiger partial charge in [-0.15, -0.1) is 0 Å². The molecule has 1 atom stereocenters. The summed E-state index contributed by atoms with van der Waals surface area (Å²) in [6, 6.07) is 18.0. The number of anilines is 1. The van der Waals surface area contributed by atoms with E-state index >= 15 is 0 Å². The molecule has 6 nitrogen and oxygen atoms in total. The lowest BCUT2D eigenvalue weighted by molar-refractivity contribution is 0.0252. The molecule has 6 heteroatoms. The fourth-order valence-electron chi connectivity index (χ4n) is 3.17. The number of aromatic nitrogens is 1. The summed E-state index contributed by atoms with van der Waals surface area (Å²) in [4.78, 5) is 29.0. The van der Waals surface area contributed by atoms with Crippen LogP contribution >= 0.6 is 0 Å². The zero-order valence-corrected chi connectivity index (χ0v) is 15.2. The first kappa shape index (κ1) is 17.7. The van der Waals surface area contributed by atoms with Gasteiger partial charge in [-0.2, -0.15) is 0 Å². The van der Waals surface area contributed by atoms with E-state index in [4.69, 9.17) is 9.47 Å². The van der Waals surface area contributed by atoms with Crippen LogP contribution in [-0.4, -0.2) is 24.0 Å². The number of ether oxygens (including phenoxy) is 2. The second-order valence-corrected chi connectivity index (χ2v) is 6.42. The molecule has 2 heterocycles. The summed E-state index contributed by atoms with van der Waals surface area (Å²) in [5.74, 6) is -0.177. The van der Waals surface area contributed by atoms with Gasteiger partial charge in [-0.3, -0.25) is 4.79 Å². The molecule has 1 aromatic heterocycles. The van der Waals surface area contributed by atoms with Gasteiger partial charge in [-0.05, 0) is 35.4 Å². The third kappa shape index (κ3) is 3.57. The summed E-state index contributed by atoms with van der Waals surface area (Å²) >= 11 is 0. The molecule has 3 aromatic rings. The van der Waals surface area contributed by atoms with Gasteiger partial charge < -0.3 is 14.8 Å². The molecule has 1 aliphatic heterocycles. The monoisotopic (exact) mass is 374 g/mol. The highest BCUT2D eigenvalue weighted by molar-refractivity contribution is 6.05. The number of nitrogens with zero attached hydrogens (tertiary/aromatic N) is 1. The van der Waals surface area contributed by atoms with Gasteiger partial charge in [0.05, 0.1) is 24.6 Å². The van der Waals surface area contributed by atoms with Crippen LogP contribution < -0.4 is 10.1 Å². The van der Waals surface area contributed by atoms with Gasteiger partial charge in [0.2, 0.25) is 5.88 Å². The van der Waals surface area contributed by atoms with E-state index in [1.165, 1.54) is 13.3 Å². The first-order valence-electron chi connectivity index (χ1n) is 8.84. The average molecular weight is 374 g/mol. The van der Waals surface area contributed by atoms with Crippen LogP contribution in [0.5, 0.6) is 5.88 Å². The fraction of sp³-hybridized carbons (Fsp3) is 0.136. The summed E-state index contributed by atoms with van der Waals surface area (Å²) in [7, 11) is 1.53. The van der Waals surface area contributed by atoms with Crippen LogP contribution in [0.25, 0.3) is 0 Å². The Hall–Kier alpha value is -3.67. The Kier molecular flexibility index (Phi) is 4.76. The van der Waals surface area contributed by atoms with E-state index in [9.17, 15) is 9.59 Å². The number of fused-ring (bicyclic) bond motifs is 1. The third-order valence-corrected chi connectivity index (χ3v) is 4.62. The minimum atomic E-state index is -0.374. The maximum absolute atomic E-state index is 12.6. The number of benzene rings is 2. The lowest BCUT2D eigenvalue weighted by Gasteiger charge is -2.25. The van der Waals surface area contributed by atoms with Gasteiger partial charge in [0, 0.05) is 18.1 Å². The first-order valence-corrected chi connectivity index (χ1v) is 8.84. The van der Waals surface area contributed by atoms with Crippen molar-refractivity contribution in [3.8, 4) is 5.88 Å². The molecule has 0 fully saturated rings. The number of nitrogens with one attached hydrogen (secondary N) is 1. The van der Waals surface area contributed by atoms with Crippen molar-refractivity contribution in [3.63, 3.8) is 0 Å². The van der Waals surface area contributed by atoms with Gasteiger partial charge >= 0.3 is 5.97 Å². The van der Waals surface area contributed by atoms with E-state index in [1.807, 2.05) is 30.3 Å². The third-order valence-electron chi connectivity index (χ3n) is 4.62. The van der Waals surface area contributed by atoms with Crippen LogP contribution in [-0.2, 0) is 11.2 Å². The molecule has 28 heavy (non-hydrogen) atoms. The average Bonchev–Trinajstić information content (AvgIpc) is 2.74. The van der Waals surface area contributed by atoms with Crippen LogP contribution in [0.4, 0.5) is 5.69 Å². The van der Waals surface area contributed by atoms with Gasteiger partial charge in [-0.1, -0.05) is 30.3 Å². The second-order valence-electron chi connectivity index (χ2n) is 6.42. The molecule has 0 unspecified atom stereocenters. The number of rotatable bonds is 4. The van der Waals surface area contributed by atoms with Crippen molar-refractivity contribution in [1.29, 1.82) is 0 Å². The highest BCUT2D eigenvalue weighted by atomic mass is 16.5. The van der Waals surface area contributed by atoms with Gasteiger partial charge in [0.1, 0.15) is 6.10 Å². The Morgan fingerprint density at radius 3 is 2.68 bits per heavy atom. The number of carbonyl (C=O) groups excluding carboxylic acids is 2. The van der Waals surface area contributed by atoms with Crippen molar-refractivity contribution in [1.82, 2.24) is 4.98 Å². The Bertz CT molecular complexity index is 1020. The Morgan fingerprint density at radius 2 is 1.96 bits per heavy atom. The van der Waals surface area contributed by atoms with Crippen molar-refractivity contribution >= 4 is 17.6 Å². The van der Waals surface area contributed by atoms with Crippen molar-refractivity contribution in [2.75, 3.05) is 12.4 Å². The number of esters is 1. The molecular weight excluding hydrogens is 356 g/mol. The SMILES string of the molecule is COc1ccc(NC(=O)c2ccc3c(c2)C[C@@H](c2ccccc2)OC3=O)cn1. The minimum Gasteiger partial charge on any atom is -0.481 e. The Labute approximate surface area is 162 Å². The molecule has 4 rings (SSSR count). The molecule has 140 valence electrons. The quantitative estimate of drug-likeness (QED) is 0.703.